The SMILES string of the molecule is CCNC(=NCCN1CCCN(C)CC1)NCCN(C(C)C)C(C)C. The lowest BCUT2D eigenvalue weighted by Gasteiger charge is -2.30. The monoisotopic (exact) mass is 354 g/mol. The van der Waals surface area contributed by atoms with Gasteiger partial charge in [0, 0.05) is 51.4 Å². The summed E-state index contributed by atoms with van der Waals surface area (Å²) in [6.45, 7) is 20.7. The molecule has 0 aromatic carbocycles. The first kappa shape index (κ1) is 22.2. The Hall–Kier alpha value is -0.850. The van der Waals surface area contributed by atoms with Gasteiger partial charge in [-0.1, -0.05) is 0 Å². The van der Waals surface area contributed by atoms with E-state index in [1.807, 2.05) is 0 Å². The normalized spacial score (nSPS) is 18.2. The van der Waals surface area contributed by atoms with Crippen LogP contribution < -0.4 is 10.6 Å². The van der Waals surface area contributed by atoms with Crippen LogP contribution in [0, 0.1) is 0 Å². The van der Waals surface area contributed by atoms with Crippen molar-refractivity contribution in [2.45, 2.75) is 53.1 Å². The van der Waals surface area contributed by atoms with Crippen molar-refractivity contribution in [1.29, 1.82) is 0 Å². The van der Waals surface area contributed by atoms with Crippen molar-refractivity contribution < 1.29 is 0 Å². The van der Waals surface area contributed by atoms with Crippen LogP contribution in [0.4, 0.5) is 0 Å². The minimum atomic E-state index is 0.572. The van der Waals surface area contributed by atoms with E-state index in [4.69, 9.17) is 4.99 Å². The maximum absolute atomic E-state index is 4.76. The van der Waals surface area contributed by atoms with E-state index < -0.39 is 0 Å². The van der Waals surface area contributed by atoms with Crippen LogP contribution >= 0.6 is 0 Å². The molecule has 0 amide bonds. The van der Waals surface area contributed by atoms with Crippen molar-refractivity contribution in [3.05, 3.63) is 0 Å². The van der Waals surface area contributed by atoms with Crippen LogP contribution in [0.15, 0.2) is 4.99 Å². The Labute approximate surface area is 156 Å². The van der Waals surface area contributed by atoms with Crippen LogP contribution in [0.3, 0.4) is 0 Å². The van der Waals surface area contributed by atoms with Crippen molar-refractivity contribution in [1.82, 2.24) is 25.3 Å². The van der Waals surface area contributed by atoms with Gasteiger partial charge in [0.05, 0.1) is 6.54 Å². The third-order valence-electron chi connectivity index (χ3n) is 4.83. The zero-order chi connectivity index (χ0) is 18.7. The number of guanidine groups is 1. The van der Waals surface area contributed by atoms with Crippen LogP contribution in [0.5, 0.6) is 0 Å². The van der Waals surface area contributed by atoms with E-state index in [0.29, 0.717) is 12.1 Å². The maximum atomic E-state index is 4.76. The van der Waals surface area contributed by atoms with Gasteiger partial charge in [-0.15, -0.1) is 0 Å². The Morgan fingerprint density at radius 2 is 1.76 bits per heavy atom. The summed E-state index contributed by atoms with van der Waals surface area (Å²) in [5.74, 6) is 0.946. The quantitative estimate of drug-likeness (QED) is 0.483. The fraction of sp³-hybridized carbons (Fsp3) is 0.947. The number of nitrogens with one attached hydrogen (secondary N) is 2. The summed E-state index contributed by atoms with van der Waals surface area (Å²) >= 11 is 0. The van der Waals surface area contributed by atoms with E-state index in [2.05, 4.69) is 67.0 Å². The van der Waals surface area contributed by atoms with Crippen LogP contribution in [0.2, 0.25) is 0 Å². The van der Waals surface area contributed by atoms with Crippen molar-refractivity contribution >= 4 is 5.96 Å². The predicted octanol–water partition coefficient (Wildman–Crippen LogP) is 1.30. The summed E-state index contributed by atoms with van der Waals surface area (Å²) in [4.78, 5) is 12.2. The summed E-state index contributed by atoms with van der Waals surface area (Å²) in [5.41, 5.74) is 0. The fourth-order valence-corrected chi connectivity index (χ4v) is 3.38. The number of hydrogen-bond acceptors (Lipinski definition) is 4. The minimum absolute atomic E-state index is 0.572. The molecule has 6 nitrogen and oxygen atoms in total. The Morgan fingerprint density at radius 1 is 1.04 bits per heavy atom. The maximum Gasteiger partial charge on any atom is 0.191 e. The smallest absolute Gasteiger partial charge is 0.191 e. The van der Waals surface area contributed by atoms with Gasteiger partial charge >= 0.3 is 0 Å². The van der Waals surface area contributed by atoms with Gasteiger partial charge in [-0.2, -0.15) is 0 Å². The van der Waals surface area contributed by atoms with Gasteiger partial charge in [-0.05, 0) is 61.2 Å². The molecular formula is C19H42N6. The predicted molar refractivity (Wildman–Crippen MR) is 110 cm³/mol. The summed E-state index contributed by atoms with van der Waals surface area (Å²) in [6.07, 6.45) is 1.26. The molecule has 0 saturated carbocycles. The van der Waals surface area contributed by atoms with E-state index in [0.717, 1.165) is 45.2 Å². The molecule has 1 rings (SSSR count). The van der Waals surface area contributed by atoms with E-state index in [1.54, 1.807) is 0 Å². The molecule has 0 radical (unpaired) electrons. The van der Waals surface area contributed by atoms with Gasteiger partial charge in [0.2, 0.25) is 0 Å². The highest BCUT2D eigenvalue weighted by Crippen LogP contribution is 2.03. The summed E-state index contributed by atoms with van der Waals surface area (Å²) in [7, 11) is 2.21. The summed E-state index contributed by atoms with van der Waals surface area (Å²) in [5, 5.41) is 6.85. The lowest BCUT2D eigenvalue weighted by Crippen LogP contribution is -2.45. The summed E-state index contributed by atoms with van der Waals surface area (Å²) < 4.78 is 0. The molecule has 6 heteroatoms. The number of aliphatic imine (C=N–C) groups is 1. The van der Waals surface area contributed by atoms with Crippen molar-refractivity contribution in [2.24, 2.45) is 4.99 Å². The molecule has 0 aromatic rings. The van der Waals surface area contributed by atoms with Crippen LogP contribution in [-0.4, -0.2) is 98.7 Å². The van der Waals surface area contributed by atoms with E-state index in [1.165, 1.54) is 26.1 Å². The first-order valence-electron chi connectivity index (χ1n) is 10.1. The molecule has 0 spiro atoms. The van der Waals surface area contributed by atoms with Crippen molar-refractivity contribution in [2.75, 3.05) is 66.0 Å². The van der Waals surface area contributed by atoms with Gasteiger partial charge in [0.1, 0.15) is 0 Å². The molecule has 0 aliphatic carbocycles. The molecule has 1 aliphatic heterocycles. The standard InChI is InChI=1S/C19H42N6/c1-7-20-19(22-10-14-25(17(2)3)18(4)5)21-9-13-24-12-8-11-23(6)15-16-24/h17-18H,7-16H2,1-6H3,(H2,20,21,22). The Balaban J connectivity index is 2.37. The summed E-state index contributed by atoms with van der Waals surface area (Å²) in [6, 6.07) is 1.14. The molecule has 0 aromatic heterocycles. The second-order valence-electron chi connectivity index (χ2n) is 7.61. The largest absolute Gasteiger partial charge is 0.357 e. The Morgan fingerprint density at radius 3 is 2.40 bits per heavy atom. The van der Waals surface area contributed by atoms with Gasteiger partial charge < -0.3 is 20.4 Å². The molecule has 148 valence electrons. The Bertz CT molecular complexity index is 361. The molecule has 0 bridgehead atoms. The molecular weight excluding hydrogens is 312 g/mol. The van der Waals surface area contributed by atoms with E-state index >= 15 is 0 Å². The third-order valence-corrected chi connectivity index (χ3v) is 4.83. The van der Waals surface area contributed by atoms with Crippen LogP contribution in [0.25, 0.3) is 0 Å². The second kappa shape index (κ2) is 12.5. The molecule has 1 fully saturated rings. The molecule has 1 heterocycles. The van der Waals surface area contributed by atoms with Gasteiger partial charge in [0.15, 0.2) is 5.96 Å². The topological polar surface area (TPSA) is 46.1 Å². The average Bonchev–Trinajstić information content (AvgIpc) is 2.75. The van der Waals surface area contributed by atoms with E-state index in [9.17, 15) is 0 Å². The first-order chi connectivity index (χ1) is 11.9. The lowest BCUT2D eigenvalue weighted by atomic mass is 10.2. The van der Waals surface area contributed by atoms with E-state index in [-0.39, 0.29) is 0 Å². The number of nitrogens with zero attached hydrogens (tertiary/aromatic N) is 4. The molecule has 0 atom stereocenters. The number of hydrogen-bond donors (Lipinski definition) is 2. The average molecular weight is 355 g/mol. The Kier molecular flexibility index (Phi) is 11.1. The fourth-order valence-electron chi connectivity index (χ4n) is 3.38. The molecule has 25 heavy (non-hydrogen) atoms. The second-order valence-corrected chi connectivity index (χ2v) is 7.61. The van der Waals surface area contributed by atoms with Crippen molar-refractivity contribution in [3.8, 4) is 0 Å². The highest BCUT2D eigenvalue weighted by atomic mass is 15.2. The van der Waals surface area contributed by atoms with Gasteiger partial charge in [-0.25, -0.2) is 0 Å². The molecule has 1 aliphatic rings. The highest BCUT2D eigenvalue weighted by Gasteiger charge is 2.13. The zero-order valence-electron chi connectivity index (χ0n) is 17.5. The first-order valence-corrected chi connectivity index (χ1v) is 10.1. The molecule has 1 saturated heterocycles. The number of rotatable bonds is 9. The highest BCUT2D eigenvalue weighted by molar-refractivity contribution is 5.79. The zero-order valence-corrected chi connectivity index (χ0v) is 17.5. The number of likely N-dealkylation sites (N-methyl/N-ethyl adjacent to an activating group) is 1. The minimum Gasteiger partial charge on any atom is -0.357 e. The van der Waals surface area contributed by atoms with Crippen LogP contribution in [-0.2, 0) is 0 Å². The lowest BCUT2D eigenvalue weighted by molar-refractivity contribution is 0.178. The third kappa shape index (κ3) is 9.42. The molecule has 0 unspecified atom stereocenters. The molecule has 2 N–H and O–H groups in total. The van der Waals surface area contributed by atoms with Gasteiger partial charge in [-0.3, -0.25) is 9.89 Å². The van der Waals surface area contributed by atoms with Crippen molar-refractivity contribution in [3.63, 3.8) is 0 Å². The van der Waals surface area contributed by atoms with Crippen LogP contribution in [0.1, 0.15) is 41.0 Å². The van der Waals surface area contributed by atoms with Gasteiger partial charge in [0.25, 0.3) is 0 Å².